The number of fused-ring (bicyclic) bond motifs is 1. The van der Waals surface area contributed by atoms with Crippen molar-refractivity contribution in [2.24, 2.45) is 17.8 Å². The van der Waals surface area contributed by atoms with Crippen LogP contribution >= 0.6 is 15.9 Å². The maximum Gasteiger partial charge on any atom is 0.341 e. The summed E-state index contributed by atoms with van der Waals surface area (Å²) in [5, 5.41) is 11.6. The summed E-state index contributed by atoms with van der Waals surface area (Å²) in [4.78, 5) is 19.2. The predicted molar refractivity (Wildman–Crippen MR) is 141 cm³/mol. The first-order chi connectivity index (χ1) is 17.4. The van der Waals surface area contributed by atoms with Crippen LogP contribution in [0, 0.1) is 17.8 Å². The number of hydrogen-bond acceptors (Lipinski definition) is 6. The number of morpholine rings is 1. The van der Waals surface area contributed by atoms with Crippen LogP contribution in [0.5, 0.6) is 0 Å². The zero-order chi connectivity index (χ0) is 25.0. The van der Waals surface area contributed by atoms with E-state index in [0.717, 1.165) is 58.9 Å². The van der Waals surface area contributed by atoms with Gasteiger partial charge >= 0.3 is 5.97 Å². The Balaban J connectivity index is 1.51. The maximum atomic E-state index is 14.5. The number of carbonyl (C=O) groups is 1. The lowest BCUT2D eigenvalue weighted by Crippen LogP contribution is -2.52. The molecule has 9 heteroatoms. The molecule has 2 heterocycles. The van der Waals surface area contributed by atoms with E-state index >= 15 is 0 Å². The normalized spacial score (nSPS) is 30.7. The van der Waals surface area contributed by atoms with Gasteiger partial charge in [-0.25, -0.2) is 4.79 Å². The highest BCUT2D eigenvalue weighted by molar-refractivity contribution is 9.10. The van der Waals surface area contributed by atoms with Gasteiger partial charge in [0.15, 0.2) is 0 Å². The van der Waals surface area contributed by atoms with Crippen molar-refractivity contribution in [1.29, 1.82) is 0 Å². The standard InChI is InChI=1S/C27H35BrN2O5S/c1-2-35-26(32)24-23-19(14-30-3-5-34-6-4-30)20(15-31)21(28)10-22(23)29-25(24)36(33)27-11-16-7-17(12-27)9-18(8-16)13-27/h10,16-18,29,31H,2-9,11-15H2,1H3. The van der Waals surface area contributed by atoms with Gasteiger partial charge in [0, 0.05) is 35.0 Å². The van der Waals surface area contributed by atoms with Crippen LogP contribution < -0.4 is 0 Å². The third-order valence-electron chi connectivity index (χ3n) is 8.90. The van der Waals surface area contributed by atoms with Crippen molar-refractivity contribution in [2.75, 3.05) is 32.9 Å². The molecule has 196 valence electrons. The van der Waals surface area contributed by atoms with Crippen molar-refractivity contribution < 1.29 is 23.6 Å². The quantitative estimate of drug-likeness (QED) is 0.470. The molecule has 5 fully saturated rings. The summed E-state index contributed by atoms with van der Waals surface area (Å²) in [6.07, 6.45) is 6.75. The third-order valence-corrected chi connectivity index (χ3v) is 11.6. The van der Waals surface area contributed by atoms with E-state index in [2.05, 4.69) is 25.8 Å². The Hall–Kier alpha value is -1.26. The lowest BCUT2D eigenvalue weighted by atomic mass is 9.56. The highest BCUT2D eigenvalue weighted by Crippen LogP contribution is 2.59. The Labute approximate surface area is 222 Å². The summed E-state index contributed by atoms with van der Waals surface area (Å²) in [6.45, 7) is 5.34. The van der Waals surface area contributed by atoms with Crippen molar-refractivity contribution in [3.8, 4) is 0 Å². The van der Waals surface area contributed by atoms with Crippen LogP contribution in [0.2, 0.25) is 0 Å². The van der Waals surface area contributed by atoms with Gasteiger partial charge in [-0.1, -0.05) is 15.9 Å². The molecule has 1 aromatic carbocycles. The van der Waals surface area contributed by atoms with Gasteiger partial charge in [-0.15, -0.1) is 0 Å². The molecular weight excluding hydrogens is 544 g/mol. The average molecular weight is 580 g/mol. The molecule has 4 aliphatic carbocycles. The van der Waals surface area contributed by atoms with Crippen LogP contribution in [-0.4, -0.2) is 62.8 Å². The van der Waals surface area contributed by atoms with Crippen LogP contribution in [0.4, 0.5) is 0 Å². The molecule has 36 heavy (non-hydrogen) atoms. The molecule has 1 unspecified atom stereocenters. The largest absolute Gasteiger partial charge is 0.462 e. The number of aromatic nitrogens is 1. The zero-order valence-corrected chi connectivity index (χ0v) is 23.2. The Morgan fingerprint density at radius 3 is 2.42 bits per heavy atom. The number of nitrogens with zero attached hydrogens (tertiary/aromatic N) is 1. The summed E-state index contributed by atoms with van der Waals surface area (Å²) in [5.41, 5.74) is 2.80. The molecule has 1 atom stereocenters. The molecule has 1 aromatic heterocycles. The van der Waals surface area contributed by atoms with Crippen LogP contribution in [0.3, 0.4) is 0 Å². The van der Waals surface area contributed by atoms with Gasteiger partial charge in [0.25, 0.3) is 0 Å². The second-order valence-electron chi connectivity index (χ2n) is 11.2. The number of halogens is 1. The minimum atomic E-state index is -1.35. The zero-order valence-electron chi connectivity index (χ0n) is 20.8. The molecule has 4 bridgehead atoms. The molecule has 0 amide bonds. The van der Waals surface area contributed by atoms with E-state index in [1.165, 1.54) is 19.3 Å². The van der Waals surface area contributed by atoms with Crippen LogP contribution in [0.1, 0.15) is 66.9 Å². The van der Waals surface area contributed by atoms with Crippen LogP contribution in [0.25, 0.3) is 10.9 Å². The molecule has 0 radical (unpaired) electrons. The third kappa shape index (κ3) is 4.19. The van der Waals surface area contributed by atoms with Gasteiger partial charge in [-0.3, -0.25) is 9.11 Å². The van der Waals surface area contributed by atoms with E-state index in [-0.39, 0.29) is 18.0 Å². The first kappa shape index (κ1) is 25.0. The van der Waals surface area contributed by atoms with E-state index in [0.29, 0.717) is 48.1 Å². The Morgan fingerprint density at radius 1 is 1.19 bits per heavy atom. The first-order valence-electron chi connectivity index (χ1n) is 13.3. The fraction of sp³-hybridized carbons (Fsp3) is 0.667. The summed E-state index contributed by atoms with van der Waals surface area (Å²) >= 11 is 3.65. The SMILES string of the molecule is CCOC(=O)c1c(S(=O)C23CC4CC(CC(C4)C2)C3)[nH]c2cc(Br)c(CO)c(CN3CCOCC3)c12. The number of aliphatic hydroxyl groups is 1. The first-order valence-corrected chi connectivity index (χ1v) is 15.2. The van der Waals surface area contributed by atoms with Crippen molar-refractivity contribution in [2.45, 2.75) is 68.4 Å². The fourth-order valence-electron chi connectivity index (χ4n) is 7.77. The second-order valence-corrected chi connectivity index (χ2v) is 13.9. The highest BCUT2D eigenvalue weighted by atomic mass is 79.9. The fourth-order valence-corrected chi connectivity index (χ4v) is 10.5. The number of H-pyrrole nitrogens is 1. The van der Waals surface area contributed by atoms with Gasteiger partial charge in [-0.2, -0.15) is 0 Å². The molecule has 1 saturated heterocycles. The van der Waals surface area contributed by atoms with Gasteiger partial charge in [-0.05, 0) is 80.4 Å². The summed E-state index contributed by atoms with van der Waals surface area (Å²) < 4.78 is 26.1. The lowest BCUT2D eigenvalue weighted by Gasteiger charge is -2.55. The molecular formula is C27H35BrN2O5S. The predicted octanol–water partition coefficient (Wildman–Crippen LogP) is 4.51. The average Bonchev–Trinajstić information content (AvgIpc) is 3.22. The van der Waals surface area contributed by atoms with E-state index in [4.69, 9.17) is 9.47 Å². The number of nitrogens with one attached hydrogen (secondary N) is 1. The van der Waals surface area contributed by atoms with E-state index in [1.54, 1.807) is 6.92 Å². The summed E-state index contributed by atoms with van der Waals surface area (Å²) in [7, 11) is -1.35. The number of benzene rings is 1. The molecule has 4 saturated carbocycles. The maximum absolute atomic E-state index is 14.5. The van der Waals surface area contributed by atoms with E-state index in [9.17, 15) is 14.1 Å². The number of rotatable bonds is 7. The van der Waals surface area contributed by atoms with Gasteiger partial charge in [0.1, 0.15) is 10.6 Å². The molecule has 2 N–H and O–H groups in total. The van der Waals surface area contributed by atoms with Crippen molar-refractivity contribution in [1.82, 2.24) is 9.88 Å². The number of hydrogen-bond donors (Lipinski definition) is 2. The Bertz CT molecular complexity index is 1170. The number of aliphatic hydroxyl groups excluding tert-OH is 1. The molecule has 5 aliphatic rings. The number of esters is 1. The molecule has 7 rings (SSSR count). The monoisotopic (exact) mass is 578 g/mol. The van der Waals surface area contributed by atoms with Crippen LogP contribution in [0.15, 0.2) is 15.6 Å². The lowest BCUT2D eigenvalue weighted by molar-refractivity contribution is 0.0340. The van der Waals surface area contributed by atoms with Crippen molar-refractivity contribution in [3.05, 3.63) is 27.2 Å². The van der Waals surface area contributed by atoms with Crippen molar-refractivity contribution >= 4 is 43.6 Å². The minimum Gasteiger partial charge on any atom is -0.462 e. The summed E-state index contributed by atoms with van der Waals surface area (Å²) in [5.74, 6) is 1.53. The molecule has 7 nitrogen and oxygen atoms in total. The van der Waals surface area contributed by atoms with Crippen molar-refractivity contribution in [3.63, 3.8) is 0 Å². The molecule has 1 aliphatic heterocycles. The number of carbonyl (C=O) groups excluding carboxylic acids is 1. The summed E-state index contributed by atoms with van der Waals surface area (Å²) in [6, 6.07) is 1.91. The van der Waals surface area contributed by atoms with E-state index in [1.807, 2.05) is 6.07 Å². The van der Waals surface area contributed by atoms with Crippen LogP contribution in [-0.2, 0) is 33.4 Å². The Morgan fingerprint density at radius 2 is 1.83 bits per heavy atom. The Kier molecular flexibility index (Phi) is 6.82. The highest BCUT2D eigenvalue weighted by Gasteiger charge is 2.55. The smallest absolute Gasteiger partial charge is 0.341 e. The molecule has 2 aromatic rings. The topological polar surface area (TPSA) is 91.9 Å². The van der Waals surface area contributed by atoms with Gasteiger partial charge in [0.2, 0.25) is 0 Å². The van der Waals surface area contributed by atoms with E-state index < -0.39 is 16.8 Å². The minimum absolute atomic E-state index is 0.156. The second kappa shape index (κ2) is 9.80. The number of ether oxygens (including phenoxy) is 2. The van der Waals surface area contributed by atoms with Gasteiger partial charge < -0.3 is 19.6 Å². The number of aromatic amines is 1. The van der Waals surface area contributed by atoms with Gasteiger partial charge in [0.05, 0.1) is 42.0 Å². The molecule has 0 spiro atoms.